The number of rotatable bonds is 4. The zero-order valence-electron chi connectivity index (χ0n) is 17.1. The van der Waals surface area contributed by atoms with Gasteiger partial charge in [-0.15, -0.1) is 0 Å². The van der Waals surface area contributed by atoms with E-state index in [2.05, 4.69) is 17.2 Å². The predicted molar refractivity (Wildman–Crippen MR) is 119 cm³/mol. The summed E-state index contributed by atoms with van der Waals surface area (Å²) in [5.41, 5.74) is 0.113. The maximum absolute atomic E-state index is 15.2. The van der Waals surface area contributed by atoms with E-state index in [4.69, 9.17) is 27.9 Å². The van der Waals surface area contributed by atoms with Crippen molar-refractivity contribution >= 4 is 52.3 Å². The Balaban J connectivity index is 1.60. The summed E-state index contributed by atoms with van der Waals surface area (Å²) in [6.07, 6.45) is 1.14. The van der Waals surface area contributed by atoms with Gasteiger partial charge in [-0.2, -0.15) is 0 Å². The van der Waals surface area contributed by atoms with E-state index < -0.39 is 23.2 Å². The number of imide groups is 1. The van der Waals surface area contributed by atoms with E-state index in [1.165, 1.54) is 37.2 Å². The lowest BCUT2D eigenvalue weighted by Gasteiger charge is -2.15. The van der Waals surface area contributed by atoms with Gasteiger partial charge in [0.2, 0.25) is 5.91 Å². The van der Waals surface area contributed by atoms with E-state index in [0.717, 1.165) is 0 Å². The van der Waals surface area contributed by atoms with Crippen molar-refractivity contribution in [1.82, 2.24) is 10.2 Å². The number of hydrogen-bond donors (Lipinski definition) is 2. The maximum atomic E-state index is 15.2. The summed E-state index contributed by atoms with van der Waals surface area (Å²) in [6.45, 7) is 3.68. The second-order valence-electron chi connectivity index (χ2n) is 7.84. The minimum atomic E-state index is -0.828. The van der Waals surface area contributed by atoms with Crippen LogP contribution >= 0.6 is 23.2 Å². The number of benzene rings is 2. The van der Waals surface area contributed by atoms with Crippen LogP contribution in [0.15, 0.2) is 30.8 Å². The highest BCUT2D eigenvalue weighted by atomic mass is 35.5. The Morgan fingerprint density at radius 2 is 1.84 bits per heavy atom. The average molecular weight is 478 g/mol. The van der Waals surface area contributed by atoms with Crippen LogP contribution in [0, 0.1) is 5.82 Å². The number of nitrogens with one attached hydrogen (secondary N) is 2. The van der Waals surface area contributed by atoms with E-state index in [-0.39, 0.29) is 38.6 Å². The molecular formula is C22H18Cl2FN3O4. The topological polar surface area (TPSA) is 87.7 Å². The van der Waals surface area contributed by atoms with Crippen LogP contribution < -0.4 is 15.4 Å². The minimum absolute atomic E-state index is 0.00983. The molecule has 0 radical (unpaired) electrons. The number of anilines is 1. The molecule has 0 unspecified atom stereocenters. The minimum Gasteiger partial charge on any atom is -0.451 e. The van der Waals surface area contributed by atoms with Crippen molar-refractivity contribution < 1.29 is 23.5 Å². The zero-order chi connectivity index (χ0) is 23.4. The fourth-order valence-corrected chi connectivity index (χ4v) is 4.09. The largest absolute Gasteiger partial charge is 0.451 e. The second-order valence-corrected chi connectivity index (χ2v) is 8.65. The zero-order valence-corrected chi connectivity index (χ0v) is 18.7. The first-order valence-electron chi connectivity index (χ1n) is 9.58. The molecule has 1 aliphatic heterocycles. The Hall–Kier alpha value is -3.10. The Kier molecular flexibility index (Phi) is 5.38. The highest BCUT2D eigenvalue weighted by Crippen LogP contribution is 2.57. The molecule has 10 heteroatoms. The fraction of sp³-hybridized carbons (Fsp3) is 0.227. The molecule has 0 aromatic heterocycles. The normalized spacial score (nSPS) is 15.1. The van der Waals surface area contributed by atoms with E-state index in [1.807, 2.05) is 0 Å². The van der Waals surface area contributed by atoms with Gasteiger partial charge >= 0.3 is 6.03 Å². The van der Waals surface area contributed by atoms with Crippen LogP contribution in [0.2, 0.25) is 10.0 Å². The smallest absolute Gasteiger partial charge is 0.323 e. The number of carbonyl (C=O) groups excluding carboxylic acids is 3. The summed E-state index contributed by atoms with van der Waals surface area (Å²) in [6, 6.07) is 5.10. The molecule has 166 valence electrons. The monoisotopic (exact) mass is 477 g/mol. The number of nitrogens with zero attached hydrogens (tertiary/aromatic N) is 1. The molecule has 1 aliphatic carbocycles. The molecular weight excluding hydrogens is 460 g/mol. The van der Waals surface area contributed by atoms with Crippen molar-refractivity contribution in [3.05, 3.63) is 57.8 Å². The van der Waals surface area contributed by atoms with Crippen LogP contribution in [0.3, 0.4) is 0 Å². The Morgan fingerprint density at radius 3 is 2.41 bits per heavy atom. The van der Waals surface area contributed by atoms with E-state index in [0.29, 0.717) is 24.1 Å². The Bertz CT molecular complexity index is 1180. The molecule has 0 atom stereocenters. The highest BCUT2D eigenvalue weighted by molar-refractivity contribution is 6.38. The summed E-state index contributed by atoms with van der Waals surface area (Å²) in [7, 11) is 2.97. The molecule has 1 heterocycles. The van der Waals surface area contributed by atoms with Crippen LogP contribution in [0.1, 0.15) is 24.0 Å². The summed E-state index contributed by atoms with van der Waals surface area (Å²) >= 11 is 12.6. The molecule has 7 nitrogen and oxygen atoms in total. The number of urea groups is 1. The number of halogens is 3. The molecule has 0 bridgehead atoms. The van der Waals surface area contributed by atoms with Gasteiger partial charge in [0, 0.05) is 30.9 Å². The second kappa shape index (κ2) is 7.79. The van der Waals surface area contributed by atoms with Crippen molar-refractivity contribution in [1.29, 1.82) is 0 Å². The van der Waals surface area contributed by atoms with Gasteiger partial charge < -0.3 is 15.0 Å². The van der Waals surface area contributed by atoms with Gasteiger partial charge in [0.15, 0.2) is 17.3 Å². The van der Waals surface area contributed by atoms with Gasteiger partial charge in [0.1, 0.15) is 0 Å². The van der Waals surface area contributed by atoms with E-state index in [9.17, 15) is 14.4 Å². The van der Waals surface area contributed by atoms with E-state index in [1.54, 1.807) is 6.07 Å². The molecule has 2 aliphatic rings. The third-order valence-corrected chi connectivity index (χ3v) is 6.04. The SMILES string of the molecule is C=C(C(=O)NC(=O)N(C)C)c1cc(Cl)c(Oc2ccc3c(c2F)C2(CC2)C(=O)N3)c(Cl)c1. The Morgan fingerprint density at radius 1 is 1.22 bits per heavy atom. The summed E-state index contributed by atoms with van der Waals surface area (Å²) in [4.78, 5) is 37.3. The van der Waals surface area contributed by atoms with Crippen LogP contribution in [-0.4, -0.2) is 36.8 Å². The lowest BCUT2D eigenvalue weighted by atomic mass is 9.97. The lowest BCUT2D eigenvalue weighted by Crippen LogP contribution is -2.38. The highest BCUT2D eigenvalue weighted by Gasteiger charge is 2.58. The van der Waals surface area contributed by atoms with Gasteiger partial charge in [0.05, 0.1) is 15.5 Å². The van der Waals surface area contributed by atoms with Gasteiger partial charge in [-0.05, 0) is 42.7 Å². The molecule has 4 rings (SSSR count). The molecule has 0 saturated heterocycles. The van der Waals surface area contributed by atoms with Gasteiger partial charge in [0.25, 0.3) is 5.91 Å². The Labute approximate surface area is 193 Å². The van der Waals surface area contributed by atoms with Gasteiger partial charge in [-0.25, -0.2) is 9.18 Å². The van der Waals surface area contributed by atoms with Crippen molar-refractivity contribution in [3.63, 3.8) is 0 Å². The first-order chi connectivity index (χ1) is 15.0. The van der Waals surface area contributed by atoms with Crippen molar-refractivity contribution in [3.8, 4) is 11.5 Å². The quantitative estimate of drug-likeness (QED) is 0.623. The molecule has 1 fully saturated rings. The van der Waals surface area contributed by atoms with Crippen LogP contribution in [0.4, 0.5) is 14.9 Å². The van der Waals surface area contributed by atoms with Gasteiger partial charge in [-0.3, -0.25) is 14.9 Å². The average Bonchev–Trinajstić information content (AvgIpc) is 3.47. The predicted octanol–water partition coefficient (Wildman–Crippen LogP) is 4.72. The van der Waals surface area contributed by atoms with E-state index >= 15 is 4.39 Å². The molecule has 4 amide bonds. The molecule has 1 saturated carbocycles. The first kappa shape index (κ1) is 22.1. The summed E-state index contributed by atoms with van der Waals surface area (Å²) < 4.78 is 20.9. The van der Waals surface area contributed by atoms with Crippen LogP contribution in [0.5, 0.6) is 11.5 Å². The van der Waals surface area contributed by atoms with Crippen molar-refractivity contribution in [2.24, 2.45) is 0 Å². The maximum Gasteiger partial charge on any atom is 0.323 e. The summed E-state index contributed by atoms with van der Waals surface area (Å²) in [5.74, 6) is -1.73. The molecule has 32 heavy (non-hydrogen) atoms. The lowest BCUT2D eigenvalue weighted by molar-refractivity contribution is -0.118. The standard InChI is InChI=1S/C22H18Cl2FN3O4/c1-10(19(29)27-21(31)28(2)3)11-8-12(23)18(13(24)9-11)32-15-5-4-14-16(17(15)25)22(6-7-22)20(30)26-14/h4-5,8-9H,1,6-7H2,2-3H3,(H,26,30)(H,27,29,31). The van der Waals surface area contributed by atoms with Gasteiger partial charge in [-0.1, -0.05) is 29.8 Å². The summed E-state index contributed by atoms with van der Waals surface area (Å²) in [5, 5.41) is 4.88. The number of hydrogen-bond acceptors (Lipinski definition) is 4. The number of amides is 4. The molecule has 2 aromatic carbocycles. The number of carbonyl (C=O) groups is 3. The molecule has 2 aromatic rings. The molecule has 2 N–H and O–H groups in total. The fourth-order valence-electron chi connectivity index (χ4n) is 3.52. The number of fused-ring (bicyclic) bond motifs is 2. The van der Waals surface area contributed by atoms with Crippen molar-refractivity contribution in [2.75, 3.05) is 19.4 Å². The third kappa shape index (κ3) is 3.59. The number of ether oxygens (including phenoxy) is 1. The van der Waals surface area contributed by atoms with Crippen molar-refractivity contribution in [2.45, 2.75) is 18.3 Å². The third-order valence-electron chi connectivity index (χ3n) is 5.48. The first-order valence-corrected chi connectivity index (χ1v) is 10.3. The molecule has 1 spiro atoms. The van der Waals surface area contributed by atoms with Crippen LogP contribution in [-0.2, 0) is 15.0 Å². The van der Waals surface area contributed by atoms with Crippen LogP contribution in [0.25, 0.3) is 5.57 Å².